The number of aliphatic hydroxyl groups is 1. The Morgan fingerprint density at radius 2 is 2.06 bits per heavy atom. The molecule has 1 unspecified atom stereocenters. The lowest BCUT2D eigenvalue weighted by Gasteiger charge is -2.12. The van der Waals surface area contributed by atoms with Crippen LogP contribution in [0.25, 0.3) is 0 Å². The molecule has 0 aromatic carbocycles. The second-order valence-electron chi connectivity index (χ2n) is 3.31. The normalized spacial score (nSPS) is 15.1. The highest BCUT2D eigenvalue weighted by Gasteiger charge is 2.22. The second kappa shape index (κ2) is 7.27. The average Bonchev–Trinajstić information content (AvgIpc) is 2.24. The third kappa shape index (κ3) is 5.75. The number of carbonyl (C=O) groups is 2. The van der Waals surface area contributed by atoms with E-state index in [2.05, 4.69) is 5.32 Å². The van der Waals surface area contributed by atoms with E-state index in [0.29, 0.717) is 0 Å². The van der Waals surface area contributed by atoms with Gasteiger partial charge in [-0.1, -0.05) is 4.57 Å². The van der Waals surface area contributed by atoms with Crippen molar-refractivity contribution < 1.29 is 24.4 Å². The van der Waals surface area contributed by atoms with Crippen LogP contribution in [-0.2, 0) is 14.2 Å². The molecule has 0 aliphatic carbocycles. The lowest BCUT2D eigenvalue weighted by molar-refractivity contribution is -0.141. The highest BCUT2D eigenvalue weighted by Crippen LogP contribution is 2.19. The van der Waals surface area contributed by atoms with Gasteiger partial charge in [0.1, 0.15) is 6.04 Å². The van der Waals surface area contributed by atoms with E-state index in [1.54, 1.807) is 0 Å². The van der Waals surface area contributed by atoms with E-state index in [0.717, 1.165) is 0 Å². The summed E-state index contributed by atoms with van der Waals surface area (Å²) in [6, 6.07) is -1.92. The number of carbonyl (C=O) groups excluding carboxylic acids is 1. The van der Waals surface area contributed by atoms with Crippen molar-refractivity contribution in [1.29, 1.82) is 0 Å². The Hall–Kier alpha value is -1.04. The molecule has 0 saturated heterocycles. The summed E-state index contributed by atoms with van der Waals surface area (Å²) in [4.78, 5) is 21.7. The minimum atomic E-state index is -1.74. The molecule has 3 atom stereocenters. The molecular formula is C8H16N2O5P+. The zero-order valence-electron chi connectivity index (χ0n) is 8.92. The molecule has 0 heterocycles. The number of carboxylic acid groups (broad SMARTS) is 1. The molecule has 0 aliphatic heterocycles. The SMILES string of the molecule is C[C@H](NC(=O)[C@@H](N)CC[P+](=O)CO)C(=O)O. The molecule has 8 heteroatoms. The van der Waals surface area contributed by atoms with Gasteiger partial charge in [0, 0.05) is 6.42 Å². The summed E-state index contributed by atoms with van der Waals surface area (Å²) in [6.45, 7) is 1.32. The van der Waals surface area contributed by atoms with Gasteiger partial charge in [-0.25, -0.2) is 0 Å². The second-order valence-corrected chi connectivity index (χ2v) is 5.00. The largest absolute Gasteiger partial charge is 0.480 e. The highest BCUT2D eigenvalue weighted by atomic mass is 31.1. The lowest BCUT2D eigenvalue weighted by Crippen LogP contribution is -2.47. The van der Waals surface area contributed by atoms with Crippen LogP contribution < -0.4 is 11.1 Å². The van der Waals surface area contributed by atoms with E-state index in [-0.39, 0.29) is 12.6 Å². The van der Waals surface area contributed by atoms with Crippen molar-refractivity contribution in [3.63, 3.8) is 0 Å². The summed E-state index contributed by atoms with van der Waals surface area (Å²) in [5.41, 5.74) is 5.45. The standard InChI is InChI=1S/C8H15N2O5P/c1-5(8(13)14)10-7(12)6(9)2-3-16(15)4-11/h5-6,11H,2-4,9H2,1H3,(H-,10,12,13,14)/p+1/t5-,6-/m0/s1. The molecule has 7 nitrogen and oxygen atoms in total. The van der Waals surface area contributed by atoms with Crippen LogP contribution >= 0.6 is 7.80 Å². The van der Waals surface area contributed by atoms with Crippen molar-refractivity contribution in [1.82, 2.24) is 5.32 Å². The van der Waals surface area contributed by atoms with Crippen LogP contribution in [0.2, 0.25) is 0 Å². The Balaban J connectivity index is 3.99. The molecule has 0 bridgehead atoms. The van der Waals surface area contributed by atoms with Crippen LogP contribution in [0, 0.1) is 0 Å². The minimum Gasteiger partial charge on any atom is -0.480 e. The minimum absolute atomic E-state index is 0.141. The molecule has 0 radical (unpaired) electrons. The molecule has 0 spiro atoms. The Kier molecular flexibility index (Phi) is 6.80. The number of nitrogens with two attached hydrogens (primary N) is 1. The van der Waals surface area contributed by atoms with Gasteiger partial charge in [-0.3, -0.25) is 9.59 Å². The van der Waals surface area contributed by atoms with Gasteiger partial charge < -0.3 is 21.3 Å². The van der Waals surface area contributed by atoms with Crippen molar-refractivity contribution >= 4 is 19.7 Å². The highest BCUT2D eigenvalue weighted by molar-refractivity contribution is 7.44. The summed E-state index contributed by atoms with van der Waals surface area (Å²) >= 11 is 0. The van der Waals surface area contributed by atoms with Gasteiger partial charge in [-0.15, -0.1) is 0 Å². The van der Waals surface area contributed by atoms with Gasteiger partial charge in [-0.05, 0) is 6.92 Å². The third-order valence-electron chi connectivity index (χ3n) is 1.91. The fraction of sp³-hybridized carbons (Fsp3) is 0.750. The van der Waals surface area contributed by atoms with E-state index in [9.17, 15) is 14.2 Å². The van der Waals surface area contributed by atoms with E-state index in [4.69, 9.17) is 15.9 Å². The number of rotatable bonds is 7. The number of hydrogen-bond acceptors (Lipinski definition) is 5. The molecule has 16 heavy (non-hydrogen) atoms. The van der Waals surface area contributed by atoms with Crippen molar-refractivity contribution in [3.05, 3.63) is 0 Å². The number of nitrogens with one attached hydrogen (secondary N) is 1. The molecule has 5 N–H and O–H groups in total. The first kappa shape index (κ1) is 15.0. The monoisotopic (exact) mass is 251 g/mol. The molecule has 92 valence electrons. The molecule has 0 fully saturated rings. The fourth-order valence-corrected chi connectivity index (χ4v) is 1.57. The number of aliphatic carboxylic acids is 1. The predicted octanol–water partition coefficient (Wildman–Crippen LogP) is -0.930. The zero-order valence-corrected chi connectivity index (χ0v) is 9.81. The maximum Gasteiger partial charge on any atom is 0.366 e. The number of aliphatic hydroxyl groups excluding tert-OH is 1. The van der Waals surface area contributed by atoms with E-state index in [1.165, 1.54) is 6.92 Å². The van der Waals surface area contributed by atoms with Crippen LogP contribution in [0.3, 0.4) is 0 Å². The fourth-order valence-electron chi connectivity index (χ4n) is 0.867. The number of hydrogen-bond donors (Lipinski definition) is 4. The maximum atomic E-state index is 11.3. The van der Waals surface area contributed by atoms with Gasteiger partial charge in [0.05, 0.1) is 6.04 Å². The Bertz CT molecular complexity index is 284. The first-order chi connectivity index (χ1) is 7.38. The van der Waals surface area contributed by atoms with E-state index < -0.39 is 38.1 Å². The van der Waals surface area contributed by atoms with Gasteiger partial charge in [0.2, 0.25) is 12.3 Å². The van der Waals surface area contributed by atoms with Crippen molar-refractivity contribution in [2.45, 2.75) is 25.4 Å². The van der Waals surface area contributed by atoms with Crippen LogP contribution in [0.5, 0.6) is 0 Å². The number of amides is 1. The third-order valence-corrected chi connectivity index (χ3v) is 2.99. The average molecular weight is 251 g/mol. The first-order valence-corrected chi connectivity index (χ1v) is 6.33. The van der Waals surface area contributed by atoms with Crippen molar-refractivity contribution in [3.8, 4) is 0 Å². The number of carboxylic acids is 1. The maximum absolute atomic E-state index is 11.3. The molecule has 0 rings (SSSR count). The van der Waals surface area contributed by atoms with Crippen molar-refractivity contribution in [2.75, 3.05) is 12.5 Å². The Morgan fingerprint density at radius 1 is 1.50 bits per heavy atom. The van der Waals surface area contributed by atoms with E-state index >= 15 is 0 Å². The van der Waals surface area contributed by atoms with Gasteiger partial charge in [-0.2, -0.15) is 0 Å². The summed E-state index contributed by atoms with van der Waals surface area (Å²) < 4.78 is 10.9. The summed E-state index contributed by atoms with van der Waals surface area (Å²) in [7, 11) is -1.74. The van der Waals surface area contributed by atoms with Crippen LogP contribution in [-0.4, -0.2) is 46.7 Å². The van der Waals surface area contributed by atoms with Gasteiger partial charge in [0.15, 0.2) is 6.16 Å². The molecular weight excluding hydrogens is 235 g/mol. The van der Waals surface area contributed by atoms with Crippen LogP contribution in [0.1, 0.15) is 13.3 Å². The Labute approximate surface area is 93.8 Å². The molecule has 0 aromatic heterocycles. The Morgan fingerprint density at radius 3 is 2.50 bits per heavy atom. The van der Waals surface area contributed by atoms with Crippen LogP contribution in [0.15, 0.2) is 0 Å². The molecule has 1 amide bonds. The predicted molar refractivity (Wildman–Crippen MR) is 57.4 cm³/mol. The topological polar surface area (TPSA) is 130 Å². The van der Waals surface area contributed by atoms with E-state index in [1.807, 2.05) is 0 Å². The quantitative estimate of drug-likeness (QED) is 0.432. The van der Waals surface area contributed by atoms with Gasteiger partial charge >= 0.3 is 13.8 Å². The summed E-state index contributed by atoms with van der Waals surface area (Å²) in [5.74, 6) is -1.75. The molecule has 0 aromatic rings. The zero-order chi connectivity index (χ0) is 12.7. The molecule has 0 saturated carbocycles. The van der Waals surface area contributed by atoms with Crippen LogP contribution in [0.4, 0.5) is 0 Å². The first-order valence-electron chi connectivity index (χ1n) is 4.70. The van der Waals surface area contributed by atoms with Gasteiger partial charge in [0.25, 0.3) is 0 Å². The molecule has 0 aliphatic rings. The van der Waals surface area contributed by atoms with Crippen molar-refractivity contribution in [2.24, 2.45) is 5.73 Å². The lowest BCUT2D eigenvalue weighted by atomic mass is 10.2. The smallest absolute Gasteiger partial charge is 0.366 e. The summed E-state index contributed by atoms with van der Waals surface area (Å²) in [6.07, 6.45) is -0.148. The summed E-state index contributed by atoms with van der Waals surface area (Å²) in [5, 5.41) is 19.2.